The number of allylic oxidation sites excluding steroid dienone is 6. The monoisotopic (exact) mass is 1080 g/mol. The lowest BCUT2D eigenvalue weighted by Crippen LogP contribution is -2.61. The number of esters is 1. The van der Waals surface area contributed by atoms with Crippen LogP contribution in [0.4, 0.5) is 0 Å². The molecule has 3 aliphatic heterocycles. The Kier molecular flexibility index (Phi) is 26.4. The third-order valence-corrected chi connectivity index (χ3v) is 16.9. The molecule has 1 amide bonds. The van der Waals surface area contributed by atoms with Gasteiger partial charge in [0.15, 0.2) is 11.6 Å². The van der Waals surface area contributed by atoms with E-state index in [1.54, 1.807) is 41.1 Å². The van der Waals surface area contributed by atoms with E-state index in [0.29, 0.717) is 64.2 Å². The maximum absolute atomic E-state index is 14.6. The van der Waals surface area contributed by atoms with Crippen molar-refractivity contribution in [3.63, 3.8) is 0 Å². The van der Waals surface area contributed by atoms with Crippen LogP contribution in [0.15, 0.2) is 47.6 Å². The zero-order valence-corrected chi connectivity index (χ0v) is 47.4. The maximum atomic E-state index is 14.6. The predicted molar refractivity (Wildman–Crippen MR) is 281 cm³/mol. The number of Topliss-reactive ketones (excluding diaryl/α,β-unsaturated/α-hetero) is 3. The van der Waals surface area contributed by atoms with Crippen LogP contribution in [-0.2, 0) is 66.0 Å². The van der Waals surface area contributed by atoms with Crippen LogP contribution in [0.1, 0.15) is 126 Å². The smallest absolute Gasteiger partial charge is 0.329 e. The highest BCUT2D eigenvalue weighted by atomic mass is 31.2. The van der Waals surface area contributed by atoms with Crippen LogP contribution in [0.25, 0.3) is 0 Å². The third kappa shape index (κ3) is 18.7. The normalized spacial score (nSPS) is 35.3. The molecule has 0 aromatic carbocycles. The van der Waals surface area contributed by atoms with Gasteiger partial charge in [-0.1, -0.05) is 71.1 Å². The summed E-state index contributed by atoms with van der Waals surface area (Å²) in [7, 11) is 0.982. The van der Waals surface area contributed by atoms with Gasteiger partial charge in [-0.3, -0.25) is 23.7 Å². The first-order valence-electron chi connectivity index (χ1n) is 27.1. The Labute approximate surface area is 445 Å². The molecule has 19 heteroatoms. The predicted octanol–water partition coefficient (Wildman–Crippen LogP) is 7.05. The SMILES string of the molecule is CO[C@H]1C[C@@H]2CC[C@@H](C)[C@@](O)(O2)C(=O)C(=O)N2CCCCC2C(=O)O[C@H]([C@H](C)C[C@@H]2CC[C@@H](OP(C)(=O)OCCOCCO)[C@H](OC)C2)CC(=O)C(C)=CC(C)[C@@H](O)[C@@H](OC)C(=O)[C@H](C)C[C@H](C)C=CC=CC=C1C. The Morgan fingerprint density at radius 3 is 2.28 bits per heavy atom. The highest BCUT2D eigenvalue weighted by Gasteiger charge is 2.53. The van der Waals surface area contributed by atoms with Crippen molar-refractivity contribution in [2.45, 2.75) is 180 Å². The Balaban J connectivity index is 1.66. The Morgan fingerprint density at radius 2 is 1.60 bits per heavy atom. The summed E-state index contributed by atoms with van der Waals surface area (Å²) in [5.41, 5.74) is 1.14. The fraction of sp³-hybridized carbons (Fsp3) is 0.768. The molecule has 75 heavy (non-hydrogen) atoms. The van der Waals surface area contributed by atoms with Gasteiger partial charge in [0, 0.05) is 65.1 Å². The number of ether oxygens (including phenoxy) is 6. The van der Waals surface area contributed by atoms with E-state index in [9.17, 15) is 38.8 Å². The molecule has 2 bridgehead atoms. The molecular weight excluding hydrogens is 990 g/mol. The Hall–Kier alpha value is -3.26. The first kappa shape index (κ1) is 64.3. The van der Waals surface area contributed by atoms with Crippen LogP contribution in [0.2, 0.25) is 0 Å². The van der Waals surface area contributed by atoms with E-state index in [0.717, 1.165) is 5.57 Å². The number of amides is 1. The number of rotatable bonds is 14. The minimum absolute atomic E-state index is 0.000367. The third-order valence-electron chi connectivity index (χ3n) is 15.6. The molecule has 4 aliphatic rings. The van der Waals surface area contributed by atoms with Crippen LogP contribution in [0.3, 0.4) is 0 Å². The zero-order chi connectivity index (χ0) is 55.6. The largest absolute Gasteiger partial charge is 0.460 e. The van der Waals surface area contributed by atoms with Gasteiger partial charge in [-0.05, 0) is 107 Å². The molecule has 4 rings (SSSR count). The lowest BCUT2D eigenvalue weighted by Gasteiger charge is -2.42. The van der Waals surface area contributed by atoms with Crippen molar-refractivity contribution < 1.29 is 81.3 Å². The van der Waals surface area contributed by atoms with Crippen molar-refractivity contribution in [2.75, 3.05) is 61.0 Å². The molecule has 0 radical (unpaired) electrons. The van der Waals surface area contributed by atoms with Crippen LogP contribution in [-0.4, -0.2) is 165 Å². The number of carbonyl (C=O) groups is 5. The van der Waals surface area contributed by atoms with E-state index >= 15 is 0 Å². The average Bonchev–Trinajstić information content (AvgIpc) is 3.37. The quantitative estimate of drug-likeness (QED) is 0.0683. The van der Waals surface area contributed by atoms with Gasteiger partial charge in [0.25, 0.3) is 11.7 Å². The summed E-state index contributed by atoms with van der Waals surface area (Å²) in [6.07, 6.45) is 10.3. The molecule has 426 valence electrons. The van der Waals surface area contributed by atoms with Gasteiger partial charge in [0.05, 0.1) is 56.9 Å². The van der Waals surface area contributed by atoms with Crippen molar-refractivity contribution in [2.24, 2.45) is 35.5 Å². The highest BCUT2D eigenvalue weighted by Crippen LogP contribution is 2.48. The Bertz CT molecular complexity index is 2060. The first-order valence-corrected chi connectivity index (χ1v) is 29.1. The molecule has 3 unspecified atom stereocenters. The van der Waals surface area contributed by atoms with E-state index < -0.39 is 103 Å². The molecule has 0 aromatic heterocycles. The van der Waals surface area contributed by atoms with Crippen LogP contribution >= 0.6 is 7.60 Å². The summed E-state index contributed by atoms with van der Waals surface area (Å²) < 4.78 is 59.8. The molecule has 16 atom stereocenters. The topological polar surface area (TPSA) is 240 Å². The minimum atomic E-state index is -3.51. The van der Waals surface area contributed by atoms with Crippen LogP contribution < -0.4 is 0 Å². The van der Waals surface area contributed by atoms with E-state index in [4.69, 9.17) is 42.6 Å². The molecule has 3 N–H and O–H groups in total. The fourth-order valence-electron chi connectivity index (χ4n) is 10.9. The number of carbonyl (C=O) groups excluding carboxylic acids is 5. The summed E-state index contributed by atoms with van der Waals surface area (Å²) in [6, 6.07) is -1.19. The summed E-state index contributed by atoms with van der Waals surface area (Å²) in [4.78, 5) is 72.6. The van der Waals surface area contributed by atoms with Crippen molar-refractivity contribution in [3.8, 4) is 0 Å². The first-order chi connectivity index (χ1) is 35.5. The van der Waals surface area contributed by atoms with E-state index in [1.165, 1.54) is 18.7 Å². The number of aliphatic hydroxyl groups is 3. The lowest BCUT2D eigenvalue weighted by molar-refractivity contribution is -0.265. The molecule has 1 saturated carbocycles. The number of fused-ring (bicyclic) bond motifs is 3. The molecule has 0 aromatic rings. The van der Waals surface area contributed by atoms with Gasteiger partial charge in [0.2, 0.25) is 5.79 Å². The number of ketones is 3. The van der Waals surface area contributed by atoms with Gasteiger partial charge >= 0.3 is 13.6 Å². The number of hydrogen-bond acceptors (Lipinski definition) is 17. The zero-order valence-electron chi connectivity index (χ0n) is 46.5. The second kappa shape index (κ2) is 30.8. The van der Waals surface area contributed by atoms with E-state index in [2.05, 4.69) is 0 Å². The highest BCUT2D eigenvalue weighted by molar-refractivity contribution is 7.53. The molecule has 0 spiro atoms. The molecule has 18 nitrogen and oxygen atoms in total. The molecular formula is C56H90NO17P. The van der Waals surface area contributed by atoms with Crippen molar-refractivity contribution in [1.29, 1.82) is 0 Å². The van der Waals surface area contributed by atoms with E-state index in [-0.39, 0.29) is 74.8 Å². The standard InChI is InChI=1S/C56H90NO17P/c1-35-17-13-12-14-18-36(2)47(67-8)33-43-22-20-41(7)56(65,73-43)53(62)54(63)57-24-16-15-19-44(57)55(64)72-48(34-45(59)37(3)30-40(6)51(61)52(69-10)50(60)39(5)29-35)38(4)31-42-21-23-46(49(32-42)68-9)74-75(11,66)71-28-27-70-26-25-58/h12-14,17-18,30,35,38-44,46-49,51-52,58,61,65H,15-16,19-29,31-34H2,1-11H3/t35-,38-,39-,40?,41-,42+,43+,44?,46-,47+,48+,49-,51-,52+,56-,75?/m1/s1. The summed E-state index contributed by atoms with van der Waals surface area (Å²) in [5.74, 6) is -8.44. The molecule has 1 aliphatic carbocycles. The number of hydrogen-bond donors (Lipinski definition) is 3. The van der Waals surface area contributed by atoms with E-state index in [1.807, 2.05) is 58.1 Å². The van der Waals surface area contributed by atoms with Gasteiger partial charge < -0.3 is 57.7 Å². The summed E-state index contributed by atoms with van der Waals surface area (Å²) in [6.45, 7) is 14.1. The molecule has 2 saturated heterocycles. The summed E-state index contributed by atoms with van der Waals surface area (Å²) in [5, 5.41) is 32.5. The van der Waals surface area contributed by atoms with Crippen molar-refractivity contribution in [1.82, 2.24) is 4.90 Å². The van der Waals surface area contributed by atoms with Crippen molar-refractivity contribution >= 4 is 36.8 Å². The van der Waals surface area contributed by atoms with Gasteiger partial charge in [-0.2, -0.15) is 0 Å². The van der Waals surface area contributed by atoms with Crippen LogP contribution in [0, 0.1) is 35.5 Å². The Morgan fingerprint density at radius 1 is 0.867 bits per heavy atom. The average molecular weight is 1080 g/mol. The van der Waals surface area contributed by atoms with Gasteiger partial charge in [0.1, 0.15) is 18.2 Å². The minimum Gasteiger partial charge on any atom is -0.460 e. The van der Waals surface area contributed by atoms with Crippen LogP contribution in [0.5, 0.6) is 0 Å². The number of cyclic esters (lactones) is 1. The van der Waals surface area contributed by atoms with Crippen molar-refractivity contribution in [3.05, 3.63) is 47.6 Å². The number of nitrogens with zero attached hydrogens (tertiary/aromatic N) is 1. The second-order valence-electron chi connectivity index (χ2n) is 21.6. The summed E-state index contributed by atoms with van der Waals surface area (Å²) >= 11 is 0. The second-order valence-corrected chi connectivity index (χ2v) is 23.6. The number of aliphatic hydroxyl groups excluding tert-OH is 2. The maximum Gasteiger partial charge on any atom is 0.329 e. The van der Waals surface area contributed by atoms with Gasteiger partial charge in [-0.15, -0.1) is 0 Å². The number of methoxy groups -OCH3 is 3. The number of piperidine rings is 1. The fourth-order valence-corrected chi connectivity index (χ4v) is 12.1. The van der Waals surface area contributed by atoms with Gasteiger partial charge in [-0.25, -0.2) is 4.79 Å². The lowest BCUT2D eigenvalue weighted by atomic mass is 9.78. The molecule has 3 heterocycles. The molecule has 3 fully saturated rings.